The van der Waals surface area contributed by atoms with Crippen molar-refractivity contribution in [2.75, 3.05) is 0 Å². The fourth-order valence-corrected chi connectivity index (χ4v) is 2.70. The Labute approximate surface area is 94.4 Å². The SMILES string of the molecule is C[SiH](C)O[C@@H](c1ccncc1)C(C)(C)C. The minimum Gasteiger partial charge on any atom is -0.413 e. The normalized spacial score (nSPS) is 14.3. The van der Waals surface area contributed by atoms with Crippen molar-refractivity contribution in [2.24, 2.45) is 5.41 Å². The van der Waals surface area contributed by atoms with E-state index in [0.29, 0.717) is 0 Å². The predicted octanol–water partition coefficient (Wildman–Crippen LogP) is 3.17. The number of rotatable bonds is 3. The lowest BCUT2D eigenvalue weighted by Gasteiger charge is -2.32. The molecule has 0 unspecified atom stereocenters. The first-order chi connectivity index (χ1) is 6.91. The van der Waals surface area contributed by atoms with Gasteiger partial charge >= 0.3 is 0 Å². The van der Waals surface area contributed by atoms with Crippen LogP contribution in [0.4, 0.5) is 0 Å². The van der Waals surface area contributed by atoms with E-state index in [9.17, 15) is 0 Å². The largest absolute Gasteiger partial charge is 0.413 e. The van der Waals surface area contributed by atoms with Gasteiger partial charge in [0.25, 0.3) is 0 Å². The van der Waals surface area contributed by atoms with Crippen molar-refractivity contribution in [3.8, 4) is 0 Å². The molecule has 1 rings (SSSR count). The van der Waals surface area contributed by atoms with Gasteiger partial charge in [-0.2, -0.15) is 0 Å². The molecule has 0 aliphatic rings. The second-order valence-corrected chi connectivity index (χ2v) is 7.58. The molecule has 1 aromatic heterocycles. The summed E-state index contributed by atoms with van der Waals surface area (Å²) in [5.41, 5.74) is 1.37. The van der Waals surface area contributed by atoms with Crippen LogP contribution in [0, 0.1) is 5.41 Å². The van der Waals surface area contributed by atoms with E-state index >= 15 is 0 Å². The monoisotopic (exact) mass is 223 g/mol. The van der Waals surface area contributed by atoms with Crippen molar-refractivity contribution in [1.82, 2.24) is 4.98 Å². The number of nitrogens with zero attached hydrogens (tertiary/aromatic N) is 1. The second-order valence-electron chi connectivity index (χ2n) is 5.21. The molecule has 0 aliphatic carbocycles. The summed E-state index contributed by atoms with van der Waals surface area (Å²) in [5.74, 6) is 0. The first kappa shape index (κ1) is 12.4. The maximum atomic E-state index is 6.11. The molecule has 1 aromatic rings. The van der Waals surface area contributed by atoms with Gasteiger partial charge in [0.2, 0.25) is 0 Å². The van der Waals surface area contributed by atoms with Gasteiger partial charge in [0, 0.05) is 12.4 Å². The number of pyridine rings is 1. The molecule has 0 radical (unpaired) electrons. The Morgan fingerprint density at radius 2 is 1.73 bits per heavy atom. The van der Waals surface area contributed by atoms with E-state index in [4.69, 9.17) is 4.43 Å². The smallest absolute Gasteiger partial charge is 0.171 e. The molecule has 0 fully saturated rings. The molecule has 3 heteroatoms. The van der Waals surface area contributed by atoms with Gasteiger partial charge in [-0.15, -0.1) is 0 Å². The summed E-state index contributed by atoms with van der Waals surface area (Å²) in [4.78, 5) is 4.04. The highest BCUT2D eigenvalue weighted by atomic mass is 28.3. The quantitative estimate of drug-likeness (QED) is 0.734. The highest BCUT2D eigenvalue weighted by molar-refractivity contribution is 6.48. The van der Waals surface area contributed by atoms with Crippen LogP contribution in [0.5, 0.6) is 0 Å². The highest BCUT2D eigenvalue weighted by Gasteiger charge is 2.27. The molecule has 15 heavy (non-hydrogen) atoms. The minimum absolute atomic E-state index is 0.138. The summed E-state index contributed by atoms with van der Waals surface area (Å²) in [6.45, 7) is 11.1. The van der Waals surface area contributed by atoms with E-state index in [1.165, 1.54) is 5.56 Å². The Kier molecular flexibility index (Phi) is 4.05. The molecule has 2 nitrogen and oxygen atoms in total. The number of hydrogen-bond acceptors (Lipinski definition) is 2. The van der Waals surface area contributed by atoms with Crippen LogP contribution in [-0.2, 0) is 4.43 Å². The molecule has 0 saturated carbocycles. The number of hydrogen-bond donors (Lipinski definition) is 0. The average molecular weight is 223 g/mol. The van der Waals surface area contributed by atoms with Gasteiger partial charge in [0.05, 0.1) is 6.10 Å². The summed E-state index contributed by atoms with van der Waals surface area (Å²) in [5, 5.41) is 0. The van der Waals surface area contributed by atoms with Gasteiger partial charge in [-0.1, -0.05) is 20.8 Å². The van der Waals surface area contributed by atoms with E-state index in [2.05, 4.69) is 38.8 Å². The summed E-state index contributed by atoms with van der Waals surface area (Å²) < 4.78 is 6.11. The second kappa shape index (κ2) is 4.90. The third kappa shape index (κ3) is 3.76. The molecule has 0 saturated heterocycles. The van der Waals surface area contributed by atoms with Gasteiger partial charge in [-0.3, -0.25) is 4.98 Å². The zero-order chi connectivity index (χ0) is 11.5. The Morgan fingerprint density at radius 3 is 2.13 bits per heavy atom. The highest BCUT2D eigenvalue weighted by Crippen LogP contribution is 2.36. The van der Waals surface area contributed by atoms with Crippen molar-refractivity contribution in [2.45, 2.75) is 40.0 Å². The van der Waals surface area contributed by atoms with Crippen molar-refractivity contribution in [3.63, 3.8) is 0 Å². The molecular formula is C12H21NOSi. The molecule has 0 aromatic carbocycles. The fourth-order valence-electron chi connectivity index (χ4n) is 1.59. The lowest BCUT2D eigenvalue weighted by Crippen LogP contribution is -2.25. The van der Waals surface area contributed by atoms with Gasteiger partial charge in [-0.05, 0) is 36.2 Å². The molecular weight excluding hydrogens is 202 g/mol. The van der Waals surface area contributed by atoms with E-state index < -0.39 is 9.04 Å². The van der Waals surface area contributed by atoms with Crippen molar-refractivity contribution >= 4 is 9.04 Å². The standard InChI is InChI=1S/C12H21NOSi/c1-12(2,3)11(14-15(4)5)10-6-8-13-9-7-10/h6-9,11,15H,1-5H3/t11-/m0/s1. The topological polar surface area (TPSA) is 22.1 Å². The third-order valence-electron chi connectivity index (χ3n) is 2.20. The Hall–Kier alpha value is -0.673. The summed E-state index contributed by atoms with van der Waals surface area (Å²) in [6, 6.07) is 4.10. The molecule has 0 amide bonds. The summed E-state index contributed by atoms with van der Waals surface area (Å²) in [6.07, 6.45) is 3.85. The van der Waals surface area contributed by atoms with E-state index in [1.807, 2.05) is 24.5 Å². The Balaban J connectivity index is 2.92. The maximum Gasteiger partial charge on any atom is 0.171 e. The maximum absolute atomic E-state index is 6.11. The van der Waals surface area contributed by atoms with Gasteiger partial charge < -0.3 is 4.43 Å². The van der Waals surface area contributed by atoms with Crippen molar-refractivity contribution in [1.29, 1.82) is 0 Å². The molecule has 84 valence electrons. The van der Waals surface area contributed by atoms with Crippen molar-refractivity contribution < 1.29 is 4.43 Å². The molecule has 0 aliphatic heterocycles. The lowest BCUT2D eigenvalue weighted by atomic mass is 9.85. The van der Waals surface area contributed by atoms with Crippen molar-refractivity contribution in [3.05, 3.63) is 30.1 Å². The minimum atomic E-state index is -1.02. The summed E-state index contributed by atoms with van der Waals surface area (Å²) in [7, 11) is -1.02. The number of aromatic nitrogens is 1. The molecule has 1 heterocycles. The first-order valence-electron chi connectivity index (χ1n) is 5.46. The van der Waals surface area contributed by atoms with Gasteiger partial charge in [0.15, 0.2) is 9.04 Å². The van der Waals surface area contributed by atoms with Crippen LogP contribution in [0.25, 0.3) is 0 Å². The van der Waals surface area contributed by atoms with Crippen LogP contribution in [-0.4, -0.2) is 14.0 Å². The van der Waals surface area contributed by atoms with Crippen LogP contribution in [0.3, 0.4) is 0 Å². The fraction of sp³-hybridized carbons (Fsp3) is 0.583. The van der Waals surface area contributed by atoms with Crippen LogP contribution >= 0.6 is 0 Å². The van der Waals surface area contributed by atoms with E-state index in [0.717, 1.165) is 0 Å². The van der Waals surface area contributed by atoms with E-state index in [1.54, 1.807) is 0 Å². The Morgan fingerprint density at radius 1 is 1.20 bits per heavy atom. The zero-order valence-corrected chi connectivity index (χ0v) is 11.5. The van der Waals surface area contributed by atoms with Crippen LogP contribution in [0.2, 0.25) is 13.1 Å². The van der Waals surface area contributed by atoms with Crippen LogP contribution in [0.15, 0.2) is 24.5 Å². The lowest BCUT2D eigenvalue weighted by molar-refractivity contribution is 0.0865. The third-order valence-corrected chi connectivity index (χ3v) is 3.02. The van der Waals surface area contributed by atoms with Gasteiger partial charge in [0.1, 0.15) is 0 Å². The van der Waals surface area contributed by atoms with Gasteiger partial charge in [-0.25, -0.2) is 0 Å². The van der Waals surface area contributed by atoms with Crippen LogP contribution < -0.4 is 0 Å². The predicted molar refractivity (Wildman–Crippen MR) is 66.4 cm³/mol. The van der Waals surface area contributed by atoms with Crippen LogP contribution in [0.1, 0.15) is 32.4 Å². The molecule has 0 N–H and O–H groups in total. The molecule has 1 atom stereocenters. The first-order valence-corrected chi connectivity index (χ1v) is 8.24. The molecule has 0 bridgehead atoms. The average Bonchev–Trinajstić information content (AvgIpc) is 2.14. The zero-order valence-electron chi connectivity index (χ0n) is 10.3. The summed E-state index contributed by atoms with van der Waals surface area (Å²) >= 11 is 0. The van der Waals surface area contributed by atoms with E-state index in [-0.39, 0.29) is 11.5 Å². The Bertz CT molecular complexity index is 292. The molecule has 0 spiro atoms.